The van der Waals surface area contributed by atoms with Crippen LogP contribution < -0.4 is 21.7 Å². The van der Waals surface area contributed by atoms with Gasteiger partial charge in [-0.05, 0) is 6.92 Å². The Morgan fingerprint density at radius 2 is 1.65 bits per heavy atom. The zero-order chi connectivity index (χ0) is 15.7. The summed E-state index contributed by atoms with van der Waals surface area (Å²) in [5.74, 6) is -3.37. The molecule has 0 radical (unpaired) electrons. The highest BCUT2D eigenvalue weighted by atomic mass is 16.4. The van der Waals surface area contributed by atoms with E-state index in [2.05, 4.69) is 10.6 Å². The molecule has 0 heterocycles. The van der Waals surface area contributed by atoms with Crippen molar-refractivity contribution in [1.82, 2.24) is 16.0 Å². The second-order valence-corrected chi connectivity index (χ2v) is 3.92. The van der Waals surface area contributed by atoms with Crippen molar-refractivity contribution in [3.8, 4) is 0 Å². The second kappa shape index (κ2) is 8.82. The van der Waals surface area contributed by atoms with Crippen LogP contribution in [0.1, 0.15) is 6.92 Å². The third-order valence-corrected chi connectivity index (χ3v) is 2.08. The number of aliphatic hydroxyl groups excluding tert-OH is 1. The molecule has 0 aliphatic rings. The summed E-state index contributed by atoms with van der Waals surface area (Å²) < 4.78 is 0. The van der Waals surface area contributed by atoms with Crippen LogP contribution in [0.2, 0.25) is 0 Å². The van der Waals surface area contributed by atoms with Crippen LogP contribution in [0.15, 0.2) is 0 Å². The molecule has 0 saturated heterocycles. The molecule has 3 amide bonds. The largest absolute Gasteiger partial charge is 0.480 e. The van der Waals surface area contributed by atoms with Gasteiger partial charge in [0, 0.05) is 0 Å². The summed E-state index contributed by atoms with van der Waals surface area (Å²) in [6.07, 6.45) is 0. The van der Waals surface area contributed by atoms with Gasteiger partial charge >= 0.3 is 5.97 Å². The Morgan fingerprint density at radius 1 is 1.10 bits per heavy atom. The van der Waals surface area contributed by atoms with Crippen molar-refractivity contribution in [1.29, 1.82) is 0 Å². The van der Waals surface area contributed by atoms with Gasteiger partial charge in [-0.15, -0.1) is 0 Å². The molecule has 0 aromatic carbocycles. The molecule has 0 spiro atoms. The van der Waals surface area contributed by atoms with E-state index < -0.39 is 55.5 Å². The topological polar surface area (TPSA) is 171 Å². The summed E-state index contributed by atoms with van der Waals surface area (Å²) >= 11 is 0. The van der Waals surface area contributed by atoms with Crippen molar-refractivity contribution in [2.75, 3.05) is 19.7 Å². The molecule has 7 N–H and O–H groups in total. The van der Waals surface area contributed by atoms with Gasteiger partial charge in [0.05, 0.1) is 19.2 Å². The number of hydrogen-bond acceptors (Lipinski definition) is 6. The Bertz CT molecular complexity index is 384. The molecule has 0 rings (SSSR count). The lowest BCUT2D eigenvalue weighted by atomic mass is 10.2. The van der Waals surface area contributed by atoms with Crippen molar-refractivity contribution >= 4 is 23.7 Å². The first-order valence-corrected chi connectivity index (χ1v) is 5.71. The van der Waals surface area contributed by atoms with Gasteiger partial charge in [0.2, 0.25) is 17.7 Å². The number of carbonyl (C=O) groups excluding carboxylic acids is 3. The smallest absolute Gasteiger partial charge is 0.322 e. The number of carbonyl (C=O) groups is 4. The van der Waals surface area contributed by atoms with Gasteiger partial charge in [-0.2, -0.15) is 0 Å². The quantitative estimate of drug-likeness (QED) is 0.265. The Hall–Kier alpha value is -2.20. The van der Waals surface area contributed by atoms with Gasteiger partial charge in [0.25, 0.3) is 0 Å². The average molecular weight is 290 g/mol. The number of carboxylic acids is 1. The van der Waals surface area contributed by atoms with E-state index in [1.165, 1.54) is 6.92 Å². The summed E-state index contributed by atoms with van der Waals surface area (Å²) in [6, 6.07) is -2.08. The monoisotopic (exact) mass is 290 g/mol. The van der Waals surface area contributed by atoms with Gasteiger partial charge in [0.1, 0.15) is 12.6 Å². The van der Waals surface area contributed by atoms with E-state index >= 15 is 0 Å². The zero-order valence-electron chi connectivity index (χ0n) is 10.9. The lowest BCUT2D eigenvalue weighted by molar-refractivity contribution is -0.138. The van der Waals surface area contributed by atoms with Crippen LogP contribution in [0.3, 0.4) is 0 Å². The fourth-order valence-corrected chi connectivity index (χ4v) is 1.05. The fraction of sp³-hybridized carbons (Fsp3) is 0.600. The van der Waals surface area contributed by atoms with E-state index in [0.29, 0.717) is 0 Å². The molecule has 0 aliphatic heterocycles. The number of amides is 3. The number of nitrogens with two attached hydrogens (primary N) is 1. The number of aliphatic carboxylic acids is 1. The van der Waals surface area contributed by atoms with Crippen LogP contribution in [-0.2, 0) is 19.2 Å². The Morgan fingerprint density at radius 3 is 2.10 bits per heavy atom. The predicted octanol–water partition coefficient (Wildman–Crippen LogP) is -3.87. The third-order valence-electron chi connectivity index (χ3n) is 2.08. The maximum Gasteiger partial charge on any atom is 0.322 e. The lowest BCUT2D eigenvalue weighted by Gasteiger charge is -2.16. The average Bonchev–Trinajstić information content (AvgIpc) is 2.38. The highest BCUT2D eigenvalue weighted by Crippen LogP contribution is 1.84. The zero-order valence-corrected chi connectivity index (χ0v) is 10.9. The minimum Gasteiger partial charge on any atom is -0.480 e. The van der Waals surface area contributed by atoms with E-state index in [4.69, 9.17) is 15.9 Å². The predicted molar refractivity (Wildman–Crippen MR) is 66.3 cm³/mol. The molecule has 0 aliphatic carbocycles. The van der Waals surface area contributed by atoms with Crippen LogP contribution in [0.5, 0.6) is 0 Å². The maximum absolute atomic E-state index is 11.4. The molecule has 114 valence electrons. The number of rotatable bonds is 8. The lowest BCUT2D eigenvalue weighted by Crippen LogP contribution is -2.52. The Labute approximate surface area is 114 Å². The van der Waals surface area contributed by atoms with E-state index in [1.54, 1.807) is 0 Å². The van der Waals surface area contributed by atoms with Gasteiger partial charge in [0.15, 0.2) is 0 Å². The number of nitrogens with one attached hydrogen (secondary N) is 3. The first-order chi connectivity index (χ1) is 9.27. The van der Waals surface area contributed by atoms with Crippen LogP contribution in [0.4, 0.5) is 0 Å². The first kappa shape index (κ1) is 17.8. The molecule has 10 nitrogen and oxygen atoms in total. The van der Waals surface area contributed by atoms with Crippen molar-refractivity contribution in [3.63, 3.8) is 0 Å². The molecule has 0 fully saturated rings. The summed E-state index contributed by atoms with van der Waals surface area (Å²) in [6.45, 7) is -0.322. The standard InChI is InChI=1S/C10H18N4O6/c1-5(11)9(19)12-2-7(16)14-6(4-15)10(20)13-3-8(17)18/h5-6,15H,2-4,11H2,1H3,(H,12,19)(H,13,20)(H,14,16)(H,17,18)/t5-,6-/m0/s1. The van der Waals surface area contributed by atoms with Crippen LogP contribution in [-0.4, -0.2) is 65.7 Å². The van der Waals surface area contributed by atoms with Gasteiger partial charge in [-0.25, -0.2) is 0 Å². The van der Waals surface area contributed by atoms with Crippen LogP contribution in [0, 0.1) is 0 Å². The minimum atomic E-state index is -1.30. The summed E-state index contributed by atoms with van der Waals surface area (Å²) in [5, 5.41) is 23.7. The van der Waals surface area contributed by atoms with E-state index in [9.17, 15) is 19.2 Å². The Balaban J connectivity index is 4.21. The van der Waals surface area contributed by atoms with Crippen molar-refractivity contribution in [2.45, 2.75) is 19.0 Å². The van der Waals surface area contributed by atoms with E-state index in [0.717, 1.165) is 0 Å². The SMILES string of the molecule is C[C@H](N)C(=O)NCC(=O)N[C@@H](CO)C(=O)NCC(=O)O. The molecule has 0 aromatic heterocycles. The second-order valence-electron chi connectivity index (χ2n) is 3.92. The molecule has 0 unspecified atom stereocenters. The molecule has 0 bridgehead atoms. The molecule has 20 heavy (non-hydrogen) atoms. The third kappa shape index (κ3) is 7.28. The molecule has 0 aromatic rings. The molecular formula is C10H18N4O6. The summed E-state index contributed by atoms with van der Waals surface area (Å²) in [5.41, 5.74) is 5.26. The van der Waals surface area contributed by atoms with Crippen LogP contribution >= 0.6 is 0 Å². The molecular weight excluding hydrogens is 272 g/mol. The summed E-state index contributed by atoms with van der Waals surface area (Å²) in [4.78, 5) is 44.2. The van der Waals surface area contributed by atoms with E-state index in [1.807, 2.05) is 5.32 Å². The molecule has 10 heteroatoms. The Kier molecular flexibility index (Phi) is 7.85. The maximum atomic E-state index is 11.4. The van der Waals surface area contributed by atoms with Crippen molar-refractivity contribution in [3.05, 3.63) is 0 Å². The highest BCUT2D eigenvalue weighted by molar-refractivity contribution is 5.91. The highest BCUT2D eigenvalue weighted by Gasteiger charge is 2.20. The van der Waals surface area contributed by atoms with Gasteiger partial charge in [-0.3, -0.25) is 19.2 Å². The van der Waals surface area contributed by atoms with E-state index in [-0.39, 0.29) is 0 Å². The summed E-state index contributed by atoms with van der Waals surface area (Å²) in [7, 11) is 0. The number of carboxylic acid groups (broad SMARTS) is 1. The first-order valence-electron chi connectivity index (χ1n) is 5.71. The number of hydrogen-bond donors (Lipinski definition) is 6. The fourth-order valence-electron chi connectivity index (χ4n) is 1.05. The normalized spacial score (nSPS) is 12.9. The molecule has 0 saturated carbocycles. The van der Waals surface area contributed by atoms with Gasteiger partial charge in [-0.1, -0.05) is 0 Å². The number of aliphatic hydroxyl groups is 1. The van der Waals surface area contributed by atoms with Crippen molar-refractivity contribution in [2.24, 2.45) is 5.73 Å². The van der Waals surface area contributed by atoms with Crippen molar-refractivity contribution < 1.29 is 29.4 Å². The van der Waals surface area contributed by atoms with Crippen LogP contribution in [0.25, 0.3) is 0 Å². The minimum absolute atomic E-state index is 0.414. The van der Waals surface area contributed by atoms with Gasteiger partial charge < -0.3 is 31.9 Å². The molecule has 2 atom stereocenters.